The minimum absolute atomic E-state index is 1.50. The summed E-state index contributed by atoms with van der Waals surface area (Å²) in [6, 6.07) is 0. The van der Waals surface area contributed by atoms with Gasteiger partial charge in [0.05, 0.1) is 0 Å². The zero-order chi connectivity index (χ0) is 12.6. The number of hydrogen-bond acceptors (Lipinski definition) is 6. The molecule has 0 aliphatic carbocycles. The van der Waals surface area contributed by atoms with Crippen molar-refractivity contribution < 1.29 is 57.4 Å². The Morgan fingerprint density at radius 2 is 1.14 bits per heavy atom. The fourth-order valence-corrected chi connectivity index (χ4v) is 0. The predicted octanol–water partition coefficient (Wildman–Crippen LogP) is -2.35. The van der Waals surface area contributed by atoms with Gasteiger partial charge >= 0.3 is 39.9 Å². The summed E-state index contributed by atoms with van der Waals surface area (Å²) in [5.74, 6) is 0. The van der Waals surface area contributed by atoms with Crippen molar-refractivity contribution in [3.63, 3.8) is 0 Å². The van der Waals surface area contributed by atoms with Crippen molar-refractivity contribution in [1.29, 1.82) is 0 Å². The average Bonchev–Trinajstić information content (AvgIpc) is 1.45. The second-order valence-corrected chi connectivity index (χ2v) is 3.43. The first-order valence-corrected chi connectivity index (χ1v) is 5.54. The van der Waals surface area contributed by atoms with Gasteiger partial charge < -0.3 is 5.21 Å². The zero-order valence-corrected chi connectivity index (χ0v) is 8.04. The molecule has 88 valence electrons. The van der Waals surface area contributed by atoms with E-state index in [4.69, 9.17) is 48.8 Å². The average molecular weight is 279 g/mol. The molecule has 0 unspecified atom stereocenters. The van der Waals surface area contributed by atoms with Crippen LogP contribution >= 0.6 is 0 Å². The number of rotatable bonds is 0. The summed E-state index contributed by atoms with van der Waals surface area (Å²) in [5, 5.41) is 13.6. The molecule has 0 aromatic carbocycles. The monoisotopic (exact) mass is 279 g/mol. The Bertz CT molecular complexity index is 281. The molecule has 0 rings (SSSR count). The molecule has 0 aromatic heterocycles. The summed E-state index contributed by atoms with van der Waals surface area (Å²) in [4.78, 5) is 8.36. The van der Waals surface area contributed by atoms with Crippen LogP contribution in [0.4, 0.5) is 0 Å². The van der Waals surface area contributed by atoms with Crippen molar-refractivity contribution in [3.05, 3.63) is 10.1 Å². The summed E-state index contributed by atoms with van der Waals surface area (Å²) < 4.78 is 63.5. The maximum atomic E-state index is 8.82. The van der Waals surface area contributed by atoms with Crippen molar-refractivity contribution in [1.82, 2.24) is 0 Å². The van der Waals surface area contributed by atoms with Crippen LogP contribution in [0.1, 0.15) is 0 Å². The van der Waals surface area contributed by atoms with Crippen LogP contribution in [0, 0.1) is 10.1 Å². The predicted molar refractivity (Wildman–Crippen MR) is 28.8 cm³/mol. The third-order valence-corrected chi connectivity index (χ3v) is 0. The molecule has 0 amide bonds. The van der Waals surface area contributed by atoms with E-state index in [0.29, 0.717) is 0 Å². The fourth-order valence-electron chi connectivity index (χ4n) is 0. The van der Waals surface area contributed by atoms with Gasteiger partial charge in [0.25, 0.3) is 5.09 Å². The minimum atomic E-state index is -5.25. The van der Waals surface area contributed by atoms with Crippen molar-refractivity contribution >= 4 is 10.4 Å². The zero-order valence-electron chi connectivity index (χ0n) is 5.95. The van der Waals surface area contributed by atoms with Gasteiger partial charge in [-0.3, -0.25) is 9.11 Å². The van der Waals surface area contributed by atoms with Crippen LogP contribution < -0.4 is 0 Å². The summed E-state index contributed by atoms with van der Waals surface area (Å²) in [6.07, 6.45) is 0. The number of hydrogen-bond donors (Lipinski definition) is 5. The Hall–Kier alpha value is -0.878. The quantitative estimate of drug-likeness (QED) is 0.179. The Kier molecular flexibility index (Phi) is 10.1. The van der Waals surface area contributed by atoms with Crippen LogP contribution in [0.25, 0.3) is 0 Å². The van der Waals surface area contributed by atoms with Gasteiger partial charge in [0.2, 0.25) is 0 Å². The van der Waals surface area contributed by atoms with Gasteiger partial charge in [-0.15, -0.1) is 10.1 Å². The third kappa shape index (κ3) is 1480. The molecule has 0 spiro atoms. The molecule has 14 heteroatoms. The van der Waals surface area contributed by atoms with E-state index in [2.05, 4.69) is 0 Å². The SMILES string of the molecule is O=S(=O)(O)O.O=[N+]([O-])O.[O]=[Cr](=[O])([OH])[OH]. The molecular formula is H5CrNO11S. The van der Waals surface area contributed by atoms with Gasteiger partial charge in [0.15, 0.2) is 0 Å². The summed E-state index contributed by atoms with van der Waals surface area (Å²) in [6.45, 7) is 0. The van der Waals surface area contributed by atoms with Gasteiger partial charge in [-0.2, -0.15) is 8.42 Å². The molecule has 0 radical (unpaired) electrons. The maximum absolute atomic E-state index is 8.82. The molecule has 0 aliphatic rings. The van der Waals surface area contributed by atoms with E-state index in [1.807, 2.05) is 0 Å². The Balaban J connectivity index is -0.000000131. The number of nitrogens with zero attached hydrogens (tertiary/aromatic N) is 1. The topological polar surface area (TPSA) is 213 Å². The molecular weight excluding hydrogens is 274 g/mol. The summed E-state index contributed by atoms with van der Waals surface area (Å²) >= 11 is -5.25. The van der Waals surface area contributed by atoms with Crippen LogP contribution in [0.15, 0.2) is 0 Å². The Morgan fingerprint density at radius 3 is 1.14 bits per heavy atom. The third-order valence-electron chi connectivity index (χ3n) is 0. The van der Waals surface area contributed by atoms with Gasteiger partial charge in [-0.1, -0.05) is 0 Å². The Labute approximate surface area is 78.5 Å². The van der Waals surface area contributed by atoms with Gasteiger partial charge in [0.1, 0.15) is 0 Å². The molecule has 0 saturated heterocycles. The van der Waals surface area contributed by atoms with Crippen molar-refractivity contribution in [2.45, 2.75) is 0 Å². The van der Waals surface area contributed by atoms with E-state index in [1.54, 1.807) is 0 Å². The normalized spacial score (nSPS) is 10.0. The first kappa shape index (κ1) is 18.8. The van der Waals surface area contributed by atoms with Gasteiger partial charge in [0, 0.05) is 0 Å². The molecule has 12 nitrogen and oxygen atoms in total. The molecule has 0 atom stereocenters. The van der Waals surface area contributed by atoms with Crippen LogP contribution in [0.3, 0.4) is 0 Å². The van der Waals surface area contributed by atoms with E-state index < -0.39 is 29.1 Å². The van der Waals surface area contributed by atoms with Crippen molar-refractivity contribution in [3.8, 4) is 0 Å². The van der Waals surface area contributed by atoms with Crippen LogP contribution in [0.2, 0.25) is 0 Å². The van der Waals surface area contributed by atoms with Crippen molar-refractivity contribution in [2.75, 3.05) is 0 Å². The van der Waals surface area contributed by atoms with E-state index in [1.165, 1.54) is 0 Å². The van der Waals surface area contributed by atoms with Gasteiger partial charge in [-0.25, -0.2) is 0 Å². The second kappa shape index (κ2) is 7.52. The standard InChI is InChI=1S/Cr.HNO3.H2O4S.2H2O.2O/c;2-1(3)4;1-5(2,3)4;;;;/h;(H,2,3,4);(H2,1,2,3,4);2*1H2;;/q+2;;;;;;/p-2. The molecule has 0 saturated carbocycles. The van der Waals surface area contributed by atoms with Gasteiger partial charge in [-0.05, 0) is 0 Å². The molecule has 14 heavy (non-hydrogen) atoms. The molecule has 0 bridgehead atoms. The van der Waals surface area contributed by atoms with E-state index in [0.717, 1.165) is 0 Å². The second-order valence-electron chi connectivity index (χ2n) is 1.13. The first-order chi connectivity index (χ1) is 5.73. The van der Waals surface area contributed by atoms with Crippen molar-refractivity contribution in [2.24, 2.45) is 0 Å². The first-order valence-electron chi connectivity index (χ1n) is 1.96. The van der Waals surface area contributed by atoms with E-state index >= 15 is 0 Å². The van der Waals surface area contributed by atoms with Crippen LogP contribution in [-0.2, 0) is 31.6 Å². The Morgan fingerprint density at radius 1 is 1.14 bits per heavy atom. The molecule has 0 aromatic rings. The summed E-state index contributed by atoms with van der Waals surface area (Å²) in [5.41, 5.74) is 0. The molecule has 5 N–H and O–H groups in total. The molecule has 0 fully saturated rings. The molecule has 0 heterocycles. The molecule has 0 aliphatic heterocycles. The van der Waals surface area contributed by atoms with E-state index in [-0.39, 0.29) is 0 Å². The van der Waals surface area contributed by atoms with E-state index in [9.17, 15) is 0 Å². The van der Waals surface area contributed by atoms with Crippen LogP contribution in [-0.4, -0.2) is 36.1 Å². The fraction of sp³-hybridized carbons (Fsp3) is 0. The summed E-state index contributed by atoms with van der Waals surface area (Å²) in [7, 11) is -4.67. The van der Waals surface area contributed by atoms with Crippen LogP contribution in [0.5, 0.6) is 0 Å².